The van der Waals surface area contributed by atoms with Crippen LogP contribution in [0.2, 0.25) is 0 Å². The van der Waals surface area contributed by atoms with E-state index in [2.05, 4.69) is 39.7 Å². The number of para-hydroxylation sites is 1. The van der Waals surface area contributed by atoms with E-state index in [-0.39, 0.29) is 11.8 Å². The number of benzene rings is 1. The van der Waals surface area contributed by atoms with E-state index in [9.17, 15) is 4.79 Å². The molecule has 1 rings (SSSR count). The second-order valence-electron chi connectivity index (χ2n) is 3.36. The minimum Gasteiger partial charge on any atom is -0.314 e. The van der Waals surface area contributed by atoms with E-state index >= 15 is 0 Å². The first-order valence-electron chi connectivity index (χ1n) is 4.66. The molecule has 0 spiro atoms. The molecule has 1 N–H and O–H groups in total. The molecule has 1 aromatic rings. The van der Waals surface area contributed by atoms with Crippen LogP contribution >= 0.6 is 22.6 Å². The highest BCUT2D eigenvalue weighted by Gasteiger charge is 2.00. The van der Waals surface area contributed by atoms with Crippen LogP contribution in [-0.2, 0) is 4.79 Å². The zero-order valence-electron chi connectivity index (χ0n) is 8.67. The van der Waals surface area contributed by atoms with Gasteiger partial charge in [0.1, 0.15) is 0 Å². The molecule has 3 heteroatoms. The fraction of sp³-hybridized carbons (Fsp3) is 0.250. The van der Waals surface area contributed by atoms with Crippen molar-refractivity contribution in [1.29, 1.82) is 0 Å². The smallest absolute Gasteiger partial charge is 0.300 e. The maximum atomic E-state index is 11.4. The van der Waals surface area contributed by atoms with Gasteiger partial charge in [-0.15, -0.1) is 0 Å². The van der Waals surface area contributed by atoms with E-state index in [1.807, 2.05) is 38.1 Å². The quantitative estimate of drug-likeness (QED) is 0.627. The predicted octanol–water partition coefficient (Wildman–Crippen LogP) is 2.89. The molecule has 0 aliphatic carbocycles. The summed E-state index contributed by atoms with van der Waals surface area (Å²) in [6, 6.07) is 7.60. The lowest BCUT2D eigenvalue weighted by Gasteiger charge is -2.02. The summed E-state index contributed by atoms with van der Waals surface area (Å²) in [6.45, 7) is 3.90. The van der Waals surface area contributed by atoms with Crippen molar-refractivity contribution in [2.45, 2.75) is 13.8 Å². The molecule has 1 aromatic carbocycles. The Bertz CT molecular complexity index is 415. The molecule has 78 valence electrons. The van der Waals surface area contributed by atoms with Gasteiger partial charge in [-0.1, -0.05) is 31.9 Å². The Kier molecular flexibility index (Phi) is 4.63. The number of nitrogens with one attached hydrogen (secondary N) is 1. The van der Waals surface area contributed by atoms with Gasteiger partial charge in [-0.05, 0) is 40.6 Å². The Hall–Kier alpha value is -1.02. The highest BCUT2D eigenvalue weighted by atomic mass is 127. The van der Waals surface area contributed by atoms with Crippen LogP contribution in [0.4, 0.5) is 5.69 Å². The van der Waals surface area contributed by atoms with Crippen LogP contribution in [-0.4, -0.2) is 5.91 Å². The first-order valence-corrected chi connectivity index (χ1v) is 5.74. The lowest BCUT2D eigenvalue weighted by atomic mass is 10.2. The first kappa shape index (κ1) is 12.1. The maximum absolute atomic E-state index is 11.4. The highest BCUT2D eigenvalue weighted by Crippen LogP contribution is 2.16. The predicted molar refractivity (Wildman–Crippen MR) is 70.4 cm³/mol. The van der Waals surface area contributed by atoms with E-state index < -0.39 is 0 Å². The molecule has 1 amide bonds. The number of rotatable bonds is 1. The lowest BCUT2D eigenvalue weighted by Crippen LogP contribution is -2.09. The highest BCUT2D eigenvalue weighted by molar-refractivity contribution is 14.1. The van der Waals surface area contributed by atoms with Gasteiger partial charge < -0.3 is 5.32 Å². The zero-order chi connectivity index (χ0) is 11.3. The van der Waals surface area contributed by atoms with Gasteiger partial charge in [0.25, 0.3) is 5.91 Å². The fourth-order valence-electron chi connectivity index (χ4n) is 0.926. The van der Waals surface area contributed by atoms with Crippen molar-refractivity contribution >= 4 is 34.2 Å². The first-order chi connectivity index (χ1) is 7.09. The van der Waals surface area contributed by atoms with E-state index in [4.69, 9.17) is 0 Å². The molecule has 0 aromatic heterocycles. The van der Waals surface area contributed by atoms with Gasteiger partial charge in [0, 0.05) is 9.49 Å². The average molecular weight is 313 g/mol. The van der Waals surface area contributed by atoms with E-state index in [0.29, 0.717) is 0 Å². The number of amides is 1. The van der Waals surface area contributed by atoms with Crippen molar-refractivity contribution in [3.05, 3.63) is 27.8 Å². The SMILES string of the molecule is CC(C)C#CC(=O)Nc1ccccc1I. The topological polar surface area (TPSA) is 29.1 Å². The molecule has 0 bridgehead atoms. The Balaban J connectivity index is 2.69. The normalized spacial score (nSPS) is 9.33. The number of carbonyl (C=O) groups excluding carboxylic acids is 1. The third-order valence-electron chi connectivity index (χ3n) is 1.60. The van der Waals surface area contributed by atoms with Crippen molar-refractivity contribution < 1.29 is 4.79 Å². The summed E-state index contributed by atoms with van der Waals surface area (Å²) < 4.78 is 1.01. The van der Waals surface area contributed by atoms with Crippen molar-refractivity contribution in [3.8, 4) is 11.8 Å². The minimum absolute atomic E-state index is 0.214. The summed E-state index contributed by atoms with van der Waals surface area (Å²) in [4.78, 5) is 11.4. The van der Waals surface area contributed by atoms with Crippen LogP contribution in [0.1, 0.15) is 13.8 Å². The van der Waals surface area contributed by atoms with Crippen molar-refractivity contribution in [1.82, 2.24) is 0 Å². The number of hydrogen-bond donors (Lipinski definition) is 1. The molecule has 0 heterocycles. The van der Waals surface area contributed by atoms with Gasteiger partial charge in [-0.3, -0.25) is 4.79 Å². The molecule has 0 fully saturated rings. The molecule has 0 saturated heterocycles. The summed E-state index contributed by atoms with van der Waals surface area (Å²) in [5.74, 6) is 5.33. The molecular weight excluding hydrogens is 301 g/mol. The molecule has 0 aliphatic rings. The molecule has 15 heavy (non-hydrogen) atoms. The molecule has 2 nitrogen and oxygen atoms in total. The maximum Gasteiger partial charge on any atom is 0.300 e. The van der Waals surface area contributed by atoms with Crippen LogP contribution in [0.25, 0.3) is 0 Å². The van der Waals surface area contributed by atoms with Crippen molar-refractivity contribution in [2.24, 2.45) is 5.92 Å². The van der Waals surface area contributed by atoms with Crippen LogP contribution in [0.3, 0.4) is 0 Å². The zero-order valence-corrected chi connectivity index (χ0v) is 10.8. The summed E-state index contributed by atoms with van der Waals surface area (Å²) in [5.41, 5.74) is 0.807. The average Bonchev–Trinajstić information content (AvgIpc) is 2.18. The Labute approximate surface area is 104 Å². The standard InChI is InChI=1S/C12H12INO/c1-9(2)7-8-12(15)14-11-6-4-3-5-10(11)13/h3-6,9H,1-2H3,(H,14,15). The van der Waals surface area contributed by atoms with Gasteiger partial charge in [-0.25, -0.2) is 0 Å². The van der Waals surface area contributed by atoms with Gasteiger partial charge in [0.2, 0.25) is 0 Å². The summed E-state index contributed by atoms with van der Waals surface area (Å²) in [5, 5.41) is 2.75. The van der Waals surface area contributed by atoms with Crippen LogP contribution in [0, 0.1) is 21.3 Å². The summed E-state index contributed by atoms with van der Waals surface area (Å²) in [6.07, 6.45) is 0. The van der Waals surface area contributed by atoms with E-state index in [1.54, 1.807) is 0 Å². The molecule has 0 atom stereocenters. The monoisotopic (exact) mass is 313 g/mol. The van der Waals surface area contributed by atoms with Crippen LogP contribution in [0.15, 0.2) is 24.3 Å². The van der Waals surface area contributed by atoms with Crippen molar-refractivity contribution in [2.75, 3.05) is 5.32 Å². The third kappa shape index (κ3) is 4.34. The van der Waals surface area contributed by atoms with Gasteiger partial charge >= 0.3 is 0 Å². The molecule has 0 aliphatic heterocycles. The lowest BCUT2D eigenvalue weighted by molar-refractivity contribution is -0.111. The molecule has 0 radical (unpaired) electrons. The molecule has 0 saturated carbocycles. The Morgan fingerprint density at radius 1 is 1.40 bits per heavy atom. The Morgan fingerprint density at radius 2 is 2.07 bits per heavy atom. The largest absolute Gasteiger partial charge is 0.314 e. The second kappa shape index (κ2) is 5.76. The van der Waals surface area contributed by atoms with Gasteiger partial charge in [-0.2, -0.15) is 0 Å². The molecule has 0 unspecified atom stereocenters. The number of hydrogen-bond acceptors (Lipinski definition) is 1. The second-order valence-corrected chi connectivity index (χ2v) is 4.52. The van der Waals surface area contributed by atoms with Crippen LogP contribution < -0.4 is 5.32 Å². The van der Waals surface area contributed by atoms with Crippen LogP contribution in [0.5, 0.6) is 0 Å². The summed E-state index contributed by atoms with van der Waals surface area (Å²) >= 11 is 2.17. The van der Waals surface area contributed by atoms with Crippen molar-refractivity contribution in [3.63, 3.8) is 0 Å². The number of halogens is 1. The minimum atomic E-state index is -0.257. The number of anilines is 1. The number of carbonyl (C=O) groups is 1. The Morgan fingerprint density at radius 3 is 2.67 bits per heavy atom. The van der Waals surface area contributed by atoms with Gasteiger partial charge in [0.05, 0.1) is 5.69 Å². The van der Waals surface area contributed by atoms with Gasteiger partial charge in [0.15, 0.2) is 0 Å². The fourth-order valence-corrected chi connectivity index (χ4v) is 1.45. The summed E-state index contributed by atoms with van der Waals surface area (Å²) in [7, 11) is 0. The van der Waals surface area contributed by atoms with E-state index in [1.165, 1.54) is 0 Å². The molecular formula is C12H12INO. The third-order valence-corrected chi connectivity index (χ3v) is 2.54. The van der Waals surface area contributed by atoms with E-state index in [0.717, 1.165) is 9.26 Å².